The van der Waals surface area contributed by atoms with Crippen molar-refractivity contribution in [1.82, 2.24) is 30.0 Å². The van der Waals surface area contributed by atoms with E-state index >= 15 is 0 Å². The molecule has 168 valence electrons. The Balaban J connectivity index is 1.05. The molecule has 0 N–H and O–H groups in total. The van der Waals surface area contributed by atoms with Crippen molar-refractivity contribution >= 4 is 5.91 Å². The van der Waals surface area contributed by atoms with Gasteiger partial charge in [-0.1, -0.05) is 18.2 Å². The largest absolute Gasteiger partial charge is 0.340 e. The molecule has 1 fully saturated rings. The third kappa shape index (κ3) is 4.94. The van der Waals surface area contributed by atoms with Gasteiger partial charge in [0, 0.05) is 26.2 Å². The van der Waals surface area contributed by atoms with Crippen molar-refractivity contribution in [2.75, 3.05) is 32.7 Å². The number of piperazine rings is 1. The van der Waals surface area contributed by atoms with Crippen molar-refractivity contribution in [3.63, 3.8) is 0 Å². The summed E-state index contributed by atoms with van der Waals surface area (Å²) in [6.07, 6.45) is 5.33. The molecule has 5 rings (SSSR count). The van der Waals surface area contributed by atoms with Crippen LogP contribution in [0, 0.1) is 17.2 Å². The number of tetrazole rings is 1. The maximum atomic E-state index is 12.8. The summed E-state index contributed by atoms with van der Waals surface area (Å²) in [6.45, 7) is 4.52. The molecule has 8 heteroatoms. The Kier molecular flexibility index (Phi) is 6.13. The van der Waals surface area contributed by atoms with Crippen LogP contribution in [0.15, 0.2) is 48.8 Å². The molecule has 1 aliphatic heterocycles. The summed E-state index contributed by atoms with van der Waals surface area (Å²) < 4.78 is 1.60. The fourth-order valence-corrected chi connectivity index (χ4v) is 4.90. The third-order valence-corrected chi connectivity index (χ3v) is 6.84. The van der Waals surface area contributed by atoms with Gasteiger partial charge >= 0.3 is 0 Å². The lowest BCUT2D eigenvalue weighted by atomic mass is 10.0. The van der Waals surface area contributed by atoms with Gasteiger partial charge in [-0.2, -0.15) is 5.26 Å². The predicted octanol–water partition coefficient (Wildman–Crippen LogP) is 2.03. The van der Waals surface area contributed by atoms with Crippen LogP contribution in [0.4, 0.5) is 0 Å². The molecule has 1 unspecified atom stereocenters. The van der Waals surface area contributed by atoms with Crippen LogP contribution in [0.2, 0.25) is 0 Å². The van der Waals surface area contributed by atoms with Gasteiger partial charge in [0.1, 0.15) is 6.33 Å². The Labute approximate surface area is 193 Å². The number of benzene rings is 2. The predicted molar refractivity (Wildman–Crippen MR) is 123 cm³/mol. The lowest BCUT2D eigenvalue weighted by molar-refractivity contribution is -0.132. The SMILES string of the molecule is N#Cc1ccc2c(c1)CC(CCN1CCN(C(=O)Cc3ccc(-n4cnnn4)cc3)CC1)C2. The Morgan fingerprint density at radius 3 is 2.55 bits per heavy atom. The van der Waals surface area contributed by atoms with E-state index in [1.807, 2.05) is 35.2 Å². The molecular weight excluding hydrogens is 414 g/mol. The van der Waals surface area contributed by atoms with Gasteiger partial charge in [-0.3, -0.25) is 9.69 Å². The molecule has 2 aromatic carbocycles. The van der Waals surface area contributed by atoms with E-state index in [0.717, 1.165) is 68.8 Å². The summed E-state index contributed by atoms with van der Waals surface area (Å²) in [7, 11) is 0. The molecule has 2 heterocycles. The minimum absolute atomic E-state index is 0.185. The smallest absolute Gasteiger partial charge is 0.227 e. The highest BCUT2D eigenvalue weighted by atomic mass is 16.2. The first-order chi connectivity index (χ1) is 16.2. The normalized spacial score (nSPS) is 18.2. The summed E-state index contributed by atoms with van der Waals surface area (Å²) in [5.74, 6) is 0.842. The highest BCUT2D eigenvalue weighted by molar-refractivity contribution is 5.79. The molecule has 8 nitrogen and oxygen atoms in total. The van der Waals surface area contributed by atoms with Crippen LogP contribution in [-0.2, 0) is 24.1 Å². The van der Waals surface area contributed by atoms with Crippen molar-refractivity contribution in [2.45, 2.75) is 25.7 Å². The fraction of sp³-hybridized carbons (Fsp3) is 0.400. The Hall–Kier alpha value is -3.57. The van der Waals surface area contributed by atoms with Gasteiger partial charge < -0.3 is 4.90 Å². The average Bonchev–Trinajstić information content (AvgIpc) is 3.53. The first-order valence-corrected chi connectivity index (χ1v) is 11.5. The maximum absolute atomic E-state index is 12.8. The quantitative estimate of drug-likeness (QED) is 0.581. The number of amides is 1. The van der Waals surface area contributed by atoms with Gasteiger partial charge in [-0.05, 0) is 83.1 Å². The second-order valence-electron chi connectivity index (χ2n) is 8.98. The molecule has 1 aliphatic carbocycles. The van der Waals surface area contributed by atoms with Crippen LogP contribution in [0.3, 0.4) is 0 Å². The van der Waals surface area contributed by atoms with Gasteiger partial charge in [0.05, 0.1) is 23.7 Å². The zero-order valence-electron chi connectivity index (χ0n) is 18.6. The molecular formula is C25H27N7O. The van der Waals surface area contributed by atoms with Gasteiger partial charge in [0.15, 0.2) is 0 Å². The molecule has 3 aromatic rings. The molecule has 0 radical (unpaired) electrons. The minimum Gasteiger partial charge on any atom is -0.340 e. The molecule has 1 aromatic heterocycles. The standard InChI is InChI=1S/C25H27N7O/c26-17-21-1-4-22-13-20(14-23(22)15-21)7-8-30-9-11-31(12-10-30)25(33)16-19-2-5-24(6-3-19)32-18-27-28-29-32/h1-6,15,18,20H,7-14,16H2. The molecule has 0 saturated carbocycles. The van der Waals surface area contributed by atoms with Crippen molar-refractivity contribution in [1.29, 1.82) is 5.26 Å². The Bertz CT molecular complexity index is 1140. The number of hydrogen-bond donors (Lipinski definition) is 0. The van der Waals surface area contributed by atoms with E-state index in [0.29, 0.717) is 12.3 Å². The first kappa shape index (κ1) is 21.3. The van der Waals surface area contributed by atoms with E-state index < -0.39 is 0 Å². The lowest BCUT2D eigenvalue weighted by Gasteiger charge is -2.35. The topological polar surface area (TPSA) is 90.9 Å². The molecule has 2 aliphatic rings. The second-order valence-corrected chi connectivity index (χ2v) is 8.98. The summed E-state index contributed by atoms with van der Waals surface area (Å²) in [6, 6.07) is 16.1. The van der Waals surface area contributed by atoms with Crippen molar-refractivity contribution in [2.24, 2.45) is 5.92 Å². The van der Waals surface area contributed by atoms with Crippen LogP contribution < -0.4 is 0 Å². The molecule has 0 spiro atoms. The fourth-order valence-electron chi connectivity index (χ4n) is 4.90. The number of nitrogens with zero attached hydrogens (tertiary/aromatic N) is 7. The van der Waals surface area contributed by atoms with Gasteiger partial charge in [-0.25, -0.2) is 4.68 Å². The van der Waals surface area contributed by atoms with E-state index in [4.69, 9.17) is 5.26 Å². The van der Waals surface area contributed by atoms with Crippen molar-refractivity contribution in [3.05, 3.63) is 71.0 Å². The van der Waals surface area contributed by atoms with Gasteiger partial charge in [0.25, 0.3) is 0 Å². The average molecular weight is 442 g/mol. The summed E-state index contributed by atoms with van der Waals surface area (Å²) in [4.78, 5) is 17.2. The van der Waals surface area contributed by atoms with Crippen LogP contribution in [-0.4, -0.2) is 68.6 Å². The number of carbonyl (C=O) groups excluding carboxylic acids is 1. The van der Waals surface area contributed by atoms with E-state index in [1.165, 1.54) is 11.1 Å². The second kappa shape index (κ2) is 9.51. The summed E-state index contributed by atoms with van der Waals surface area (Å²) in [5.41, 5.74) is 5.39. The maximum Gasteiger partial charge on any atom is 0.227 e. The van der Waals surface area contributed by atoms with E-state index in [1.54, 1.807) is 11.0 Å². The van der Waals surface area contributed by atoms with Crippen LogP contribution in [0.25, 0.3) is 5.69 Å². The first-order valence-electron chi connectivity index (χ1n) is 11.5. The zero-order chi connectivity index (χ0) is 22.6. The Morgan fingerprint density at radius 1 is 1.03 bits per heavy atom. The van der Waals surface area contributed by atoms with E-state index in [9.17, 15) is 4.79 Å². The molecule has 1 saturated heterocycles. The van der Waals surface area contributed by atoms with Gasteiger partial charge in [-0.15, -0.1) is 5.10 Å². The molecule has 1 amide bonds. The highest BCUT2D eigenvalue weighted by Crippen LogP contribution is 2.29. The third-order valence-electron chi connectivity index (χ3n) is 6.84. The monoisotopic (exact) mass is 441 g/mol. The van der Waals surface area contributed by atoms with Crippen molar-refractivity contribution in [3.8, 4) is 11.8 Å². The molecule has 1 atom stereocenters. The van der Waals surface area contributed by atoms with Crippen molar-refractivity contribution < 1.29 is 4.79 Å². The number of aromatic nitrogens is 4. The number of hydrogen-bond acceptors (Lipinski definition) is 6. The molecule has 0 bridgehead atoms. The van der Waals surface area contributed by atoms with Crippen LogP contribution >= 0.6 is 0 Å². The van der Waals surface area contributed by atoms with Gasteiger partial charge in [0.2, 0.25) is 5.91 Å². The number of fused-ring (bicyclic) bond motifs is 1. The van der Waals surface area contributed by atoms with Crippen LogP contribution in [0.1, 0.15) is 28.7 Å². The Morgan fingerprint density at radius 2 is 1.82 bits per heavy atom. The lowest BCUT2D eigenvalue weighted by Crippen LogP contribution is -2.49. The highest BCUT2D eigenvalue weighted by Gasteiger charge is 2.25. The minimum atomic E-state index is 0.185. The summed E-state index contributed by atoms with van der Waals surface area (Å²) in [5, 5.41) is 20.3. The number of nitriles is 1. The number of rotatable bonds is 6. The number of carbonyl (C=O) groups is 1. The molecule has 33 heavy (non-hydrogen) atoms. The zero-order valence-corrected chi connectivity index (χ0v) is 18.6. The van der Waals surface area contributed by atoms with Crippen LogP contribution in [0.5, 0.6) is 0 Å². The summed E-state index contributed by atoms with van der Waals surface area (Å²) >= 11 is 0. The van der Waals surface area contributed by atoms with E-state index in [-0.39, 0.29) is 5.91 Å². The van der Waals surface area contributed by atoms with E-state index in [2.05, 4.69) is 38.6 Å².